The van der Waals surface area contributed by atoms with Crippen molar-refractivity contribution in [1.29, 1.82) is 5.26 Å². The van der Waals surface area contributed by atoms with Crippen LogP contribution >= 0.6 is 0 Å². The Morgan fingerprint density at radius 2 is 1.95 bits per heavy atom. The van der Waals surface area contributed by atoms with Gasteiger partial charge in [0, 0.05) is 25.1 Å². The number of aryl methyl sites for hydroxylation is 1. The molecule has 2 rings (SSSR count). The Morgan fingerprint density at radius 1 is 1.27 bits per heavy atom. The minimum absolute atomic E-state index is 0.0640. The molecule has 1 aromatic carbocycles. The van der Waals surface area contributed by atoms with Gasteiger partial charge < -0.3 is 14.0 Å². The molecule has 118 valence electrons. The summed E-state index contributed by atoms with van der Waals surface area (Å²) in [5.74, 6) is 2.32. The number of benzene rings is 1. The molecule has 2 aromatic rings. The summed E-state index contributed by atoms with van der Waals surface area (Å²) < 4.78 is 12.9. The Balaban J connectivity index is 2.56. The van der Waals surface area contributed by atoms with Crippen molar-refractivity contribution in [2.75, 3.05) is 14.2 Å². The standard InChI is InChI=1S/C17H23N3O2/c1-5-6-7-17-19-13-8-15(21-3)16(22-4)9-14(13)20(17)11-12(2)10-18/h8-9,12H,5-7,11H2,1-4H3. The van der Waals surface area contributed by atoms with Crippen LogP contribution in [0.4, 0.5) is 0 Å². The molecule has 1 heterocycles. The van der Waals surface area contributed by atoms with Gasteiger partial charge in [0.15, 0.2) is 11.5 Å². The minimum atomic E-state index is -0.0640. The van der Waals surface area contributed by atoms with Gasteiger partial charge in [0.05, 0.1) is 37.2 Å². The van der Waals surface area contributed by atoms with E-state index in [1.54, 1.807) is 14.2 Å². The van der Waals surface area contributed by atoms with E-state index in [0.29, 0.717) is 18.0 Å². The predicted octanol–water partition coefficient (Wildman–Crippen LogP) is 3.56. The number of hydrogen-bond acceptors (Lipinski definition) is 4. The van der Waals surface area contributed by atoms with Crippen molar-refractivity contribution in [2.45, 2.75) is 39.7 Å². The first kappa shape index (κ1) is 16.2. The fraction of sp³-hybridized carbons (Fsp3) is 0.529. The Kier molecular flexibility index (Phi) is 5.26. The molecule has 0 amide bonds. The fourth-order valence-electron chi connectivity index (χ4n) is 2.55. The lowest BCUT2D eigenvalue weighted by Crippen LogP contribution is -2.09. The first-order valence-corrected chi connectivity index (χ1v) is 7.65. The minimum Gasteiger partial charge on any atom is -0.493 e. The molecule has 0 saturated carbocycles. The zero-order valence-electron chi connectivity index (χ0n) is 13.7. The van der Waals surface area contributed by atoms with Crippen molar-refractivity contribution < 1.29 is 9.47 Å². The van der Waals surface area contributed by atoms with Gasteiger partial charge in [-0.15, -0.1) is 0 Å². The summed E-state index contributed by atoms with van der Waals surface area (Å²) in [5.41, 5.74) is 1.87. The SMILES string of the molecule is CCCCc1nc2cc(OC)c(OC)cc2n1CC(C)C#N. The predicted molar refractivity (Wildman–Crippen MR) is 86.2 cm³/mol. The molecular weight excluding hydrogens is 278 g/mol. The van der Waals surface area contributed by atoms with Crippen LogP contribution in [0.3, 0.4) is 0 Å². The lowest BCUT2D eigenvalue weighted by atomic mass is 10.2. The van der Waals surface area contributed by atoms with Crippen molar-refractivity contribution in [3.05, 3.63) is 18.0 Å². The molecule has 5 heteroatoms. The van der Waals surface area contributed by atoms with Gasteiger partial charge in [-0.25, -0.2) is 4.98 Å². The first-order chi connectivity index (χ1) is 10.6. The van der Waals surface area contributed by atoms with Gasteiger partial charge in [0.1, 0.15) is 5.82 Å². The average molecular weight is 301 g/mol. The van der Waals surface area contributed by atoms with Crippen molar-refractivity contribution in [3.63, 3.8) is 0 Å². The number of fused-ring (bicyclic) bond motifs is 1. The maximum atomic E-state index is 9.13. The fourth-order valence-corrected chi connectivity index (χ4v) is 2.55. The zero-order chi connectivity index (χ0) is 16.1. The van der Waals surface area contributed by atoms with Crippen LogP contribution in [0.5, 0.6) is 11.5 Å². The highest BCUT2D eigenvalue weighted by Crippen LogP contribution is 2.33. The number of nitrogens with zero attached hydrogens (tertiary/aromatic N) is 3. The third-order valence-corrected chi connectivity index (χ3v) is 3.76. The number of hydrogen-bond donors (Lipinski definition) is 0. The summed E-state index contributed by atoms with van der Waals surface area (Å²) in [4.78, 5) is 4.74. The second-order valence-corrected chi connectivity index (χ2v) is 5.47. The number of rotatable bonds is 7. The quantitative estimate of drug-likeness (QED) is 0.784. The third-order valence-electron chi connectivity index (χ3n) is 3.76. The molecular formula is C17H23N3O2. The summed E-state index contributed by atoms with van der Waals surface area (Å²) in [5, 5.41) is 9.13. The molecule has 1 atom stereocenters. The smallest absolute Gasteiger partial charge is 0.163 e. The van der Waals surface area contributed by atoms with E-state index in [4.69, 9.17) is 19.7 Å². The number of imidazole rings is 1. The third kappa shape index (κ3) is 3.16. The largest absolute Gasteiger partial charge is 0.493 e. The van der Waals surface area contributed by atoms with E-state index in [0.717, 1.165) is 36.1 Å². The maximum absolute atomic E-state index is 9.13. The van der Waals surface area contributed by atoms with Crippen molar-refractivity contribution in [2.24, 2.45) is 5.92 Å². The van der Waals surface area contributed by atoms with Crippen LogP contribution in [0.1, 0.15) is 32.5 Å². The monoisotopic (exact) mass is 301 g/mol. The molecule has 1 aromatic heterocycles. The zero-order valence-corrected chi connectivity index (χ0v) is 13.7. The Labute approximate surface area is 131 Å². The molecule has 0 aliphatic carbocycles. The van der Waals surface area contributed by atoms with E-state index in [9.17, 15) is 0 Å². The normalized spacial score (nSPS) is 12.1. The van der Waals surface area contributed by atoms with Gasteiger partial charge in [-0.3, -0.25) is 0 Å². The van der Waals surface area contributed by atoms with E-state index in [-0.39, 0.29) is 5.92 Å². The Morgan fingerprint density at radius 3 is 2.55 bits per heavy atom. The molecule has 0 fully saturated rings. The van der Waals surface area contributed by atoms with Crippen molar-refractivity contribution in [3.8, 4) is 17.6 Å². The van der Waals surface area contributed by atoms with Crippen LogP contribution in [0.2, 0.25) is 0 Å². The topological polar surface area (TPSA) is 60.1 Å². The molecule has 0 aliphatic rings. The van der Waals surface area contributed by atoms with Crippen LogP contribution in [-0.2, 0) is 13.0 Å². The number of nitriles is 1. The van der Waals surface area contributed by atoms with Gasteiger partial charge in [-0.1, -0.05) is 13.3 Å². The average Bonchev–Trinajstić information content (AvgIpc) is 2.87. The van der Waals surface area contributed by atoms with E-state index in [2.05, 4.69) is 17.6 Å². The lowest BCUT2D eigenvalue weighted by molar-refractivity contribution is 0.355. The second kappa shape index (κ2) is 7.17. The molecule has 0 spiro atoms. The van der Waals surface area contributed by atoms with Crippen LogP contribution in [0, 0.1) is 17.2 Å². The van der Waals surface area contributed by atoms with Crippen LogP contribution in [0.15, 0.2) is 12.1 Å². The van der Waals surface area contributed by atoms with Gasteiger partial charge in [-0.2, -0.15) is 5.26 Å². The number of ether oxygens (including phenoxy) is 2. The molecule has 5 nitrogen and oxygen atoms in total. The van der Waals surface area contributed by atoms with Gasteiger partial charge in [-0.05, 0) is 13.3 Å². The molecule has 22 heavy (non-hydrogen) atoms. The maximum Gasteiger partial charge on any atom is 0.163 e. The highest BCUT2D eigenvalue weighted by Gasteiger charge is 2.16. The van der Waals surface area contributed by atoms with E-state index >= 15 is 0 Å². The van der Waals surface area contributed by atoms with Crippen LogP contribution in [0.25, 0.3) is 11.0 Å². The van der Waals surface area contributed by atoms with E-state index in [1.165, 1.54) is 0 Å². The molecule has 0 saturated heterocycles. The van der Waals surface area contributed by atoms with E-state index < -0.39 is 0 Å². The molecule has 0 N–H and O–H groups in total. The molecule has 0 radical (unpaired) electrons. The van der Waals surface area contributed by atoms with Gasteiger partial charge in [0.2, 0.25) is 0 Å². The summed E-state index contributed by atoms with van der Waals surface area (Å²) >= 11 is 0. The summed E-state index contributed by atoms with van der Waals surface area (Å²) in [6.45, 7) is 4.73. The first-order valence-electron chi connectivity index (χ1n) is 7.65. The molecule has 0 aliphatic heterocycles. The van der Waals surface area contributed by atoms with Crippen molar-refractivity contribution in [1.82, 2.24) is 9.55 Å². The summed E-state index contributed by atoms with van der Waals surface area (Å²) in [6, 6.07) is 6.14. The number of methoxy groups -OCH3 is 2. The highest BCUT2D eigenvalue weighted by molar-refractivity contribution is 5.80. The van der Waals surface area contributed by atoms with Crippen molar-refractivity contribution >= 4 is 11.0 Å². The second-order valence-electron chi connectivity index (χ2n) is 5.47. The van der Waals surface area contributed by atoms with Crippen LogP contribution in [-0.4, -0.2) is 23.8 Å². The van der Waals surface area contributed by atoms with Gasteiger partial charge >= 0.3 is 0 Å². The molecule has 1 unspecified atom stereocenters. The number of aromatic nitrogens is 2. The summed E-state index contributed by atoms with van der Waals surface area (Å²) in [7, 11) is 3.25. The number of unbranched alkanes of at least 4 members (excludes halogenated alkanes) is 1. The molecule has 0 bridgehead atoms. The van der Waals surface area contributed by atoms with E-state index in [1.807, 2.05) is 19.1 Å². The summed E-state index contributed by atoms with van der Waals surface area (Å²) in [6.07, 6.45) is 3.11. The van der Waals surface area contributed by atoms with Gasteiger partial charge in [0.25, 0.3) is 0 Å². The lowest BCUT2D eigenvalue weighted by Gasteiger charge is -2.12. The Bertz CT molecular complexity index is 685. The van der Waals surface area contributed by atoms with Crippen LogP contribution < -0.4 is 9.47 Å². The highest BCUT2D eigenvalue weighted by atomic mass is 16.5. The Hall–Kier alpha value is -2.22.